The van der Waals surface area contributed by atoms with Gasteiger partial charge in [-0.15, -0.1) is 0 Å². The van der Waals surface area contributed by atoms with Crippen LogP contribution in [0.15, 0.2) is 0 Å². The minimum absolute atomic E-state index is 0. The molecule has 0 nitrogen and oxygen atoms in total. The fourth-order valence-corrected chi connectivity index (χ4v) is 0. The third-order valence-corrected chi connectivity index (χ3v) is 0. The van der Waals surface area contributed by atoms with Crippen LogP contribution in [-0.2, 0) is 114 Å². The van der Waals surface area contributed by atoms with Gasteiger partial charge in [0.1, 0.15) is 0 Å². The Morgan fingerprint density at radius 1 is 1.00 bits per heavy atom. The van der Waals surface area contributed by atoms with Crippen molar-refractivity contribution in [2.24, 2.45) is 0 Å². The summed E-state index contributed by atoms with van der Waals surface area (Å²) >= 11 is 0. The number of rotatable bonds is 0. The molecule has 0 aliphatic rings. The van der Waals surface area contributed by atoms with E-state index >= 15 is 0 Å². The first kappa shape index (κ1) is 52.9. The van der Waals surface area contributed by atoms with E-state index in [1.54, 1.807) is 0 Å². The molecule has 5 heteroatoms. The molecule has 0 fully saturated rings. The quantitative estimate of drug-likeness (QED) is 0.408. The Morgan fingerprint density at radius 3 is 1.00 bits per heavy atom. The second kappa shape index (κ2) is 37.3. The first-order chi connectivity index (χ1) is 0. The molecule has 0 aliphatic heterocycles. The van der Waals surface area contributed by atoms with Gasteiger partial charge < -0.3 is 0 Å². The summed E-state index contributed by atoms with van der Waals surface area (Å²) in [7, 11) is 0. The summed E-state index contributed by atoms with van der Waals surface area (Å²) in [5.74, 6) is 0. The van der Waals surface area contributed by atoms with Gasteiger partial charge >= 0.3 is 0 Å². The van der Waals surface area contributed by atoms with Gasteiger partial charge in [0.15, 0.2) is 0 Å². The maximum Gasteiger partial charge on any atom is 0 e. The summed E-state index contributed by atoms with van der Waals surface area (Å²) < 4.78 is 0. The summed E-state index contributed by atoms with van der Waals surface area (Å²) in [4.78, 5) is 0. The smallest absolute Gasteiger partial charge is 0 e. The number of hydrogen-bond acceptors (Lipinski definition) is 0. The molecule has 0 aromatic heterocycles. The van der Waals surface area contributed by atoms with Crippen LogP contribution < -0.4 is 0 Å². The topological polar surface area (TPSA) is 0 Å². The Hall–Kier alpha value is 3.77. The third kappa shape index (κ3) is 25.1. The van der Waals surface area contributed by atoms with Crippen LogP contribution in [0.3, 0.4) is 0 Å². The second-order valence-corrected chi connectivity index (χ2v) is 0. The van der Waals surface area contributed by atoms with E-state index in [1.165, 1.54) is 0 Å². The Labute approximate surface area is 119 Å². The zero-order valence-corrected chi connectivity index (χ0v) is 13.7. The Balaban J connectivity index is 0. The molecule has 0 spiro atoms. The molecule has 0 rings (SSSR count). The van der Waals surface area contributed by atoms with Gasteiger partial charge in [-0.3, -0.25) is 0 Å². The minimum atomic E-state index is 0. The molecule has 0 saturated heterocycles. The monoisotopic (exact) mass is 526 g/mol. The zero-order valence-electron chi connectivity index (χ0n) is 2.30. The molecule has 0 atom stereocenters. The van der Waals surface area contributed by atoms with Crippen LogP contribution in [0.4, 0.5) is 0 Å². The summed E-state index contributed by atoms with van der Waals surface area (Å²) in [6.45, 7) is 0. The van der Waals surface area contributed by atoms with Crippen LogP contribution >= 0.6 is 0 Å². The fraction of sp³-hybridized carbons (Fsp3) is 1.00. The van der Waals surface area contributed by atoms with E-state index in [1.807, 2.05) is 0 Å². The average molecular weight is 525 g/mol. The molecule has 32 valence electrons. The maximum absolute atomic E-state index is 0. The van der Waals surface area contributed by atoms with Crippen molar-refractivity contribution in [3.05, 3.63) is 0 Å². The van der Waals surface area contributed by atoms with Crippen molar-refractivity contribution < 1.29 is 114 Å². The molecule has 0 aromatic carbocycles. The first-order valence-corrected chi connectivity index (χ1v) is 0. The van der Waals surface area contributed by atoms with E-state index < -0.39 is 0 Å². The van der Waals surface area contributed by atoms with E-state index in [2.05, 4.69) is 0 Å². The van der Waals surface area contributed by atoms with Crippen molar-refractivity contribution in [2.45, 2.75) is 7.43 Å². The van der Waals surface area contributed by atoms with Gasteiger partial charge in [-0.25, -0.2) is 0 Å². The Kier molecular flexibility index (Phi) is 329. The molecule has 0 N–H and O–H groups in total. The van der Waals surface area contributed by atoms with Crippen LogP contribution in [0.5, 0.6) is 0 Å². The summed E-state index contributed by atoms with van der Waals surface area (Å²) in [6.07, 6.45) is 0. The van der Waals surface area contributed by atoms with Crippen molar-refractivity contribution in [1.82, 2.24) is 0 Å². The predicted molar refractivity (Wildman–Crippen MR) is 6.73 cm³/mol. The zero-order chi connectivity index (χ0) is 0. The van der Waals surface area contributed by atoms with Crippen LogP contribution in [0.1, 0.15) is 7.43 Å². The van der Waals surface area contributed by atoms with Crippen molar-refractivity contribution in [3.8, 4) is 0 Å². The molecule has 0 unspecified atom stereocenters. The van der Waals surface area contributed by atoms with Crippen LogP contribution in [0.2, 0.25) is 0 Å². The molecular formula is CH4MoNbTaTiZr. The van der Waals surface area contributed by atoms with Crippen LogP contribution in [0.25, 0.3) is 0 Å². The molecule has 0 saturated carbocycles. The minimum Gasteiger partial charge on any atom is -0.0776 e. The van der Waals surface area contributed by atoms with Crippen LogP contribution in [-0.4, -0.2) is 0 Å². The van der Waals surface area contributed by atoms with E-state index in [9.17, 15) is 0 Å². The van der Waals surface area contributed by atoms with Gasteiger partial charge in [0.05, 0.1) is 0 Å². The molecular weight excluding hydrogens is 521 g/mol. The summed E-state index contributed by atoms with van der Waals surface area (Å²) in [6, 6.07) is 0. The maximum atomic E-state index is 0. The second-order valence-electron chi connectivity index (χ2n) is 0. The molecule has 2 radical (unpaired) electrons. The average Bonchev–Trinajstić information content (AvgIpc) is 0. The first-order valence-electron chi connectivity index (χ1n) is 0. The molecule has 0 aliphatic carbocycles. The summed E-state index contributed by atoms with van der Waals surface area (Å²) in [5.41, 5.74) is 0. The van der Waals surface area contributed by atoms with Gasteiger partial charge in [-0.05, 0) is 0 Å². The largest absolute Gasteiger partial charge is 0.0776 e. The molecule has 0 bridgehead atoms. The van der Waals surface area contributed by atoms with E-state index in [-0.39, 0.29) is 121 Å². The normalized spacial score (nSPS) is 0. The number of hydrogen-bond donors (Lipinski definition) is 0. The predicted octanol–water partition coefficient (Wildman–Crippen LogP) is 0.624. The van der Waals surface area contributed by atoms with Crippen molar-refractivity contribution in [3.63, 3.8) is 0 Å². The Bertz CT molecular complexity index is 15.5. The van der Waals surface area contributed by atoms with Gasteiger partial charge in [-0.2, -0.15) is 0 Å². The van der Waals surface area contributed by atoms with Gasteiger partial charge in [-0.1, -0.05) is 7.43 Å². The van der Waals surface area contributed by atoms with E-state index in [0.29, 0.717) is 0 Å². The molecule has 6 heavy (non-hydrogen) atoms. The van der Waals surface area contributed by atoms with Gasteiger partial charge in [0.2, 0.25) is 0 Å². The SMILES string of the molecule is C.[Mo].[Nb].[Ta].[Ti].[Zr]. The fourth-order valence-electron chi connectivity index (χ4n) is 0. The van der Waals surface area contributed by atoms with Gasteiger partial charge in [0, 0.05) is 114 Å². The molecule has 0 amide bonds. The van der Waals surface area contributed by atoms with Crippen molar-refractivity contribution >= 4 is 0 Å². The van der Waals surface area contributed by atoms with E-state index in [4.69, 9.17) is 0 Å². The van der Waals surface area contributed by atoms with E-state index in [0.717, 1.165) is 0 Å². The summed E-state index contributed by atoms with van der Waals surface area (Å²) in [5, 5.41) is 0. The molecule has 0 aromatic rings. The van der Waals surface area contributed by atoms with Crippen molar-refractivity contribution in [2.75, 3.05) is 0 Å². The standard InChI is InChI=1S/CH4.Mo.Nb.Ta.Ti.Zr/h1H4;;;;;. The third-order valence-electron chi connectivity index (χ3n) is 0. The van der Waals surface area contributed by atoms with Gasteiger partial charge in [0.25, 0.3) is 0 Å². The van der Waals surface area contributed by atoms with Crippen LogP contribution in [0, 0.1) is 0 Å². The Morgan fingerprint density at radius 2 is 1.00 bits per heavy atom. The molecule has 0 heterocycles. The van der Waals surface area contributed by atoms with Crippen molar-refractivity contribution in [1.29, 1.82) is 0 Å².